The van der Waals surface area contributed by atoms with E-state index in [0.717, 1.165) is 0 Å². The van der Waals surface area contributed by atoms with E-state index in [-0.39, 0.29) is 5.69 Å². The molecule has 1 aromatic heterocycles. The maximum atomic E-state index is 14.0. The SMILES string of the molecule is C#CCSc1nnnn1-c1cc(OC)c(Br)cc1F. The molecule has 0 aliphatic heterocycles. The molecule has 0 aliphatic rings. The van der Waals surface area contributed by atoms with Crippen LogP contribution < -0.4 is 4.74 Å². The van der Waals surface area contributed by atoms with Crippen molar-refractivity contribution in [2.24, 2.45) is 0 Å². The highest BCUT2D eigenvalue weighted by molar-refractivity contribution is 9.10. The Morgan fingerprint density at radius 1 is 1.58 bits per heavy atom. The molecule has 0 saturated carbocycles. The summed E-state index contributed by atoms with van der Waals surface area (Å²) in [6.45, 7) is 0. The summed E-state index contributed by atoms with van der Waals surface area (Å²) in [5, 5.41) is 11.5. The van der Waals surface area contributed by atoms with E-state index in [1.54, 1.807) is 0 Å². The summed E-state index contributed by atoms with van der Waals surface area (Å²) in [6, 6.07) is 2.81. The van der Waals surface area contributed by atoms with Gasteiger partial charge in [0, 0.05) is 6.07 Å². The minimum absolute atomic E-state index is 0.199. The fraction of sp³-hybridized carbons (Fsp3) is 0.182. The Morgan fingerprint density at radius 2 is 2.37 bits per heavy atom. The molecule has 0 spiro atoms. The Hall–Kier alpha value is -1.59. The van der Waals surface area contributed by atoms with Crippen molar-refractivity contribution in [3.05, 3.63) is 22.4 Å². The number of nitrogens with zero attached hydrogens (tertiary/aromatic N) is 4. The number of methoxy groups -OCH3 is 1. The Balaban J connectivity index is 2.47. The number of ether oxygens (including phenoxy) is 1. The predicted octanol–water partition coefficient (Wildman–Crippen LogP) is 2.30. The lowest BCUT2D eigenvalue weighted by Gasteiger charge is -2.08. The summed E-state index contributed by atoms with van der Waals surface area (Å²) < 4.78 is 20.9. The third-order valence-electron chi connectivity index (χ3n) is 2.17. The summed E-state index contributed by atoms with van der Waals surface area (Å²) >= 11 is 4.45. The predicted molar refractivity (Wildman–Crippen MR) is 72.9 cm³/mol. The molecule has 0 bridgehead atoms. The van der Waals surface area contributed by atoms with Gasteiger partial charge in [-0.1, -0.05) is 17.7 Å². The zero-order valence-corrected chi connectivity index (χ0v) is 12.2. The summed E-state index contributed by atoms with van der Waals surface area (Å²) in [5.74, 6) is 2.87. The third-order valence-corrected chi connectivity index (χ3v) is 3.62. The molecule has 5 nitrogen and oxygen atoms in total. The van der Waals surface area contributed by atoms with E-state index in [0.29, 0.717) is 21.1 Å². The largest absolute Gasteiger partial charge is 0.495 e. The Labute approximate surface area is 121 Å². The van der Waals surface area contributed by atoms with Crippen LogP contribution in [0.3, 0.4) is 0 Å². The third kappa shape index (κ3) is 2.88. The molecule has 0 radical (unpaired) electrons. The molecule has 0 amide bonds. The summed E-state index contributed by atoms with van der Waals surface area (Å²) in [5.41, 5.74) is 0.199. The lowest BCUT2D eigenvalue weighted by Crippen LogP contribution is -2.03. The molecule has 0 N–H and O–H groups in total. The first-order valence-electron chi connectivity index (χ1n) is 5.05. The number of rotatable bonds is 4. The van der Waals surface area contributed by atoms with Gasteiger partial charge in [0.15, 0.2) is 0 Å². The molecule has 1 heterocycles. The molecule has 2 aromatic rings. The van der Waals surface area contributed by atoms with Crippen LogP contribution in [0.1, 0.15) is 0 Å². The number of hydrogen-bond acceptors (Lipinski definition) is 5. The monoisotopic (exact) mass is 342 g/mol. The van der Waals surface area contributed by atoms with Crippen LogP contribution in [0.4, 0.5) is 4.39 Å². The number of benzene rings is 1. The Morgan fingerprint density at radius 3 is 3.05 bits per heavy atom. The molecule has 0 atom stereocenters. The quantitative estimate of drug-likeness (QED) is 0.630. The van der Waals surface area contributed by atoms with Gasteiger partial charge in [-0.05, 0) is 32.4 Å². The average Bonchev–Trinajstić information content (AvgIpc) is 2.84. The van der Waals surface area contributed by atoms with Gasteiger partial charge in [0.1, 0.15) is 17.3 Å². The number of terminal acetylenes is 1. The van der Waals surface area contributed by atoms with E-state index < -0.39 is 5.82 Å². The fourth-order valence-corrected chi connectivity index (χ4v) is 2.40. The highest BCUT2D eigenvalue weighted by Gasteiger charge is 2.15. The van der Waals surface area contributed by atoms with Crippen LogP contribution in [0.5, 0.6) is 5.75 Å². The molecule has 1 aromatic carbocycles. The first-order chi connectivity index (χ1) is 9.17. The number of hydrogen-bond donors (Lipinski definition) is 0. The summed E-state index contributed by atoms with van der Waals surface area (Å²) in [7, 11) is 1.50. The second kappa shape index (κ2) is 6.04. The van der Waals surface area contributed by atoms with Crippen molar-refractivity contribution in [2.75, 3.05) is 12.9 Å². The lowest BCUT2D eigenvalue weighted by molar-refractivity contribution is 0.410. The van der Waals surface area contributed by atoms with Crippen LogP contribution in [-0.2, 0) is 0 Å². The maximum Gasteiger partial charge on any atom is 0.215 e. The second-order valence-corrected chi connectivity index (χ2v) is 5.10. The first kappa shape index (κ1) is 13.8. The number of thioether (sulfide) groups is 1. The van der Waals surface area contributed by atoms with Gasteiger partial charge in [-0.3, -0.25) is 0 Å². The van der Waals surface area contributed by atoms with Crippen LogP contribution in [-0.4, -0.2) is 33.1 Å². The minimum atomic E-state index is -0.470. The zero-order chi connectivity index (χ0) is 13.8. The van der Waals surface area contributed by atoms with Gasteiger partial charge in [0.05, 0.1) is 17.3 Å². The number of tetrazole rings is 1. The Bertz CT molecular complexity index is 640. The molecule has 0 aliphatic carbocycles. The lowest BCUT2D eigenvalue weighted by atomic mass is 10.3. The second-order valence-electron chi connectivity index (χ2n) is 3.30. The summed E-state index contributed by atoms with van der Waals surface area (Å²) in [4.78, 5) is 0. The summed E-state index contributed by atoms with van der Waals surface area (Å²) in [6.07, 6.45) is 5.18. The van der Waals surface area contributed by atoms with Gasteiger partial charge in [0.25, 0.3) is 0 Å². The van der Waals surface area contributed by atoms with E-state index in [2.05, 4.69) is 37.4 Å². The average molecular weight is 343 g/mol. The van der Waals surface area contributed by atoms with Crippen LogP contribution in [0, 0.1) is 18.2 Å². The zero-order valence-electron chi connectivity index (χ0n) is 9.80. The maximum absolute atomic E-state index is 14.0. The molecular weight excluding hydrogens is 335 g/mol. The van der Waals surface area contributed by atoms with Crippen LogP contribution in [0.2, 0.25) is 0 Å². The van der Waals surface area contributed by atoms with Gasteiger partial charge in [-0.25, -0.2) is 4.39 Å². The minimum Gasteiger partial charge on any atom is -0.495 e. The van der Waals surface area contributed by atoms with Crippen molar-refractivity contribution in [3.8, 4) is 23.8 Å². The van der Waals surface area contributed by atoms with Crippen molar-refractivity contribution < 1.29 is 9.13 Å². The normalized spacial score (nSPS) is 10.2. The van der Waals surface area contributed by atoms with Gasteiger partial charge >= 0.3 is 0 Å². The molecule has 98 valence electrons. The molecular formula is C11H8BrFN4OS. The van der Waals surface area contributed by atoms with E-state index >= 15 is 0 Å². The van der Waals surface area contributed by atoms with E-state index in [9.17, 15) is 4.39 Å². The van der Waals surface area contributed by atoms with Gasteiger partial charge < -0.3 is 4.74 Å². The smallest absolute Gasteiger partial charge is 0.215 e. The van der Waals surface area contributed by atoms with Crippen molar-refractivity contribution in [1.29, 1.82) is 0 Å². The number of halogens is 2. The van der Waals surface area contributed by atoms with E-state index in [4.69, 9.17) is 11.2 Å². The fourth-order valence-electron chi connectivity index (χ4n) is 1.36. The molecule has 0 saturated heterocycles. The Kier molecular flexibility index (Phi) is 4.39. The van der Waals surface area contributed by atoms with Gasteiger partial charge in [-0.2, -0.15) is 4.68 Å². The highest BCUT2D eigenvalue weighted by Crippen LogP contribution is 2.30. The molecule has 8 heteroatoms. The van der Waals surface area contributed by atoms with Gasteiger partial charge in [-0.15, -0.1) is 11.5 Å². The van der Waals surface area contributed by atoms with E-state index in [1.165, 1.54) is 35.7 Å². The van der Waals surface area contributed by atoms with Gasteiger partial charge in [0.2, 0.25) is 5.16 Å². The number of aromatic nitrogens is 4. The van der Waals surface area contributed by atoms with Crippen molar-refractivity contribution >= 4 is 27.7 Å². The molecule has 0 fully saturated rings. The standard InChI is InChI=1S/C11H8BrFN4OS/c1-3-4-19-11-14-15-16-17(11)9-6-10(18-2)7(12)5-8(9)13/h1,5-6H,4H2,2H3. The first-order valence-corrected chi connectivity index (χ1v) is 6.83. The van der Waals surface area contributed by atoms with Crippen LogP contribution in [0.25, 0.3) is 5.69 Å². The van der Waals surface area contributed by atoms with Crippen molar-refractivity contribution in [2.45, 2.75) is 5.16 Å². The highest BCUT2D eigenvalue weighted by atomic mass is 79.9. The van der Waals surface area contributed by atoms with Crippen LogP contribution in [0.15, 0.2) is 21.8 Å². The van der Waals surface area contributed by atoms with Crippen molar-refractivity contribution in [1.82, 2.24) is 20.2 Å². The van der Waals surface area contributed by atoms with Crippen LogP contribution >= 0.6 is 27.7 Å². The molecule has 19 heavy (non-hydrogen) atoms. The molecule has 2 rings (SSSR count). The van der Waals surface area contributed by atoms with E-state index in [1.807, 2.05) is 0 Å². The van der Waals surface area contributed by atoms with Crippen molar-refractivity contribution in [3.63, 3.8) is 0 Å². The topological polar surface area (TPSA) is 52.8 Å². The molecule has 0 unspecified atom stereocenters.